The second kappa shape index (κ2) is 5.75. The molecule has 100 valence electrons. The van der Waals surface area contributed by atoms with Crippen LogP contribution in [0.15, 0.2) is 30.5 Å². The van der Waals surface area contributed by atoms with E-state index >= 15 is 0 Å². The minimum Gasteiger partial charge on any atom is -0.397 e. The van der Waals surface area contributed by atoms with Crippen LogP contribution in [-0.2, 0) is 11.3 Å². The Morgan fingerprint density at radius 2 is 2.21 bits per heavy atom. The standard InChI is InChI=1S/C13H15ClN4O/c1-9-10(14)8-16-18(9)7-6-13(19)17-12-5-3-2-4-11(12)15/h2-5,8H,6-7,15H2,1H3,(H,17,19). The quantitative estimate of drug-likeness (QED) is 0.844. The van der Waals surface area contributed by atoms with Crippen molar-refractivity contribution in [3.05, 3.63) is 41.2 Å². The second-order valence-electron chi connectivity index (χ2n) is 4.19. The lowest BCUT2D eigenvalue weighted by Crippen LogP contribution is -2.16. The normalized spacial score (nSPS) is 10.4. The summed E-state index contributed by atoms with van der Waals surface area (Å²) in [5, 5.41) is 7.46. The van der Waals surface area contributed by atoms with E-state index in [-0.39, 0.29) is 5.91 Å². The highest BCUT2D eigenvalue weighted by atomic mass is 35.5. The van der Waals surface area contributed by atoms with Gasteiger partial charge < -0.3 is 11.1 Å². The van der Waals surface area contributed by atoms with Crippen LogP contribution in [0.4, 0.5) is 11.4 Å². The lowest BCUT2D eigenvalue weighted by Gasteiger charge is -2.08. The van der Waals surface area contributed by atoms with Crippen molar-refractivity contribution in [2.45, 2.75) is 19.9 Å². The Balaban J connectivity index is 1.92. The third kappa shape index (κ3) is 3.26. The molecule has 6 heteroatoms. The second-order valence-corrected chi connectivity index (χ2v) is 4.59. The summed E-state index contributed by atoms with van der Waals surface area (Å²) in [6.07, 6.45) is 1.89. The Hall–Kier alpha value is -2.01. The molecule has 5 nitrogen and oxygen atoms in total. The van der Waals surface area contributed by atoms with Crippen molar-refractivity contribution >= 4 is 28.9 Å². The Bertz CT molecular complexity index is 594. The molecule has 1 aromatic heterocycles. The van der Waals surface area contributed by atoms with E-state index in [0.29, 0.717) is 29.4 Å². The SMILES string of the molecule is Cc1c(Cl)cnn1CCC(=O)Nc1ccccc1N. The molecule has 0 bridgehead atoms. The molecular weight excluding hydrogens is 264 g/mol. The predicted molar refractivity (Wildman–Crippen MR) is 76.1 cm³/mol. The number of aromatic nitrogens is 2. The molecule has 0 spiro atoms. The largest absolute Gasteiger partial charge is 0.397 e. The number of benzene rings is 1. The maximum Gasteiger partial charge on any atom is 0.226 e. The molecule has 0 radical (unpaired) electrons. The highest BCUT2D eigenvalue weighted by molar-refractivity contribution is 6.31. The van der Waals surface area contributed by atoms with E-state index in [4.69, 9.17) is 17.3 Å². The van der Waals surface area contributed by atoms with Crippen LogP contribution in [0, 0.1) is 6.92 Å². The smallest absolute Gasteiger partial charge is 0.226 e. The van der Waals surface area contributed by atoms with Gasteiger partial charge in [0.05, 0.1) is 34.8 Å². The van der Waals surface area contributed by atoms with E-state index in [9.17, 15) is 4.79 Å². The first kappa shape index (κ1) is 13.4. The number of carbonyl (C=O) groups is 1. The number of aryl methyl sites for hydroxylation is 1. The van der Waals surface area contributed by atoms with Gasteiger partial charge in [-0.2, -0.15) is 5.10 Å². The summed E-state index contributed by atoms with van der Waals surface area (Å²) in [5.41, 5.74) is 7.79. The van der Waals surface area contributed by atoms with Crippen LogP contribution in [0.25, 0.3) is 0 Å². The van der Waals surface area contributed by atoms with E-state index in [2.05, 4.69) is 10.4 Å². The van der Waals surface area contributed by atoms with Crippen molar-refractivity contribution < 1.29 is 4.79 Å². The molecule has 1 amide bonds. The van der Waals surface area contributed by atoms with Gasteiger partial charge in [-0.15, -0.1) is 0 Å². The van der Waals surface area contributed by atoms with E-state index in [1.54, 1.807) is 23.0 Å². The number of anilines is 2. The Morgan fingerprint density at radius 3 is 2.84 bits per heavy atom. The number of carbonyl (C=O) groups excluding carboxylic acids is 1. The summed E-state index contributed by atoms with van der Waals surface area (Å²) in [5.74, 6) is -0.107. The van der Waals surface area contributed by atoms with Gasteiger partial charge in [0.25, 0.3) is 0 Å². The zero-order valence-corrected chi connectivity index (χ0v) is 11.3. The Kier molecular flexibility index (Phi) is 4.06. The van der Waals surface area contributed by atoms with Gasteiger partial charge in [0.1, 0.15) is 0 Å². The first-order valence-corrected chi connectivity index (χ1v) is 6.28. The molecule has 2 aromatic rings. The molecule has 0 saturated heterocycles. The molecule has 19 heavy (non-hydrogen) atoms. The van der Waals surface area contributed by atoms with Gasteiger partial charge in [-0.25, -0.2) is 0 Å². The first-order valence-electron chi connectivity index (χ1n) is 5.90. The van der Waals surface area contributed by atoms with Crippen molar-refractivity contribution in [2.24, 2.45) is 0 Å². The topological polar surface area (TPSA) is 72.9 Å². The molecule has 0 fully saturated rings. The molecule has 0 saturated carbocycles. The number of amides is 1. The number of nitrogens with one attached hydrogen (secondary N) is 1. The Morgan fingerprint density at radius 1 is 1.47 bits per heavy atom. The van der Waals surface area contributed by atoms with Crippen LogP contribution in [0.5, 0.6) is 0 Å². The van der Waals surface area contributed by atoms with Crippen molar-refractivity contribution in [1.82, 2.24) is 9.78 Å². The van der Waals surface area contributed by atoms with Crippen molar-refractivity contribution in [3.63, 3.8) is 0 Å². The fourth-order valence-corrected chi connectivity index (χ4v) is 1.82. The number of rotatable bonds is 4. The van der Waals surface area contributed by atoms with Gasteiger partial charge in [-0.05, 0) is 19.1 Å². The van der Waals surface area contributed by atoms with Crippen LogP contribution in [0.2, 0.25) is 5.02 Å². The van der Waals surface area contributed by atoms with E-state index in [0.717, 1.165) is 5.69 Å². The summed E-state index contributed by atoms with van der Waals surface area (Å²) in [6, 6.07) is 7.15. The van der Waals surface area contributed by atoms with Gasteiger partial charge in [0, 0.05) is 6.42 Å². The van der Waals surface area contributed by atoms with E-state index in [1.807, 2.05) is 19.1 Å². The predicted octanol–water partition coefficient (Wildman–Crippen LogP) is 2.46. The van der Waals surface area contributed by atoms with Crippen LogP contribution in [-0.4, -0.2) is 15.7 Å². The average Bonchev–Trinajstić information content (AvgIpc) is 2.70. The number of nitrogens with zero attached hydrogens (tertiary/aromatic N) is 2. The average molecular weight is 279 g/mol. The maximum absolute atomic E-state index is 11.8. The molecule has 0 unspecified atom stereocenters. The zero-order chi connectivity index (χ0) is 13.8. The summed E-state index contributed by atoms with van der Waals surface area (Å²) in [6.45, 7) is 2.35. The lowest BCUT2D eigenvalue weighted by atomic mass is 10.2. The number of nitrogen functional groups attached to an aromatic ring is 1. The minimum atomic E-state index is -0.107. The van der Waals surface area contributed by atoms with Crippen molar-refractivity contribution in [3.8, 4) is 0 Å². The van der Waals surface area contributed by atoms with E-state index < -0.39 is 0 Å². The molecule has 1 aromatic carbocycles. The molecule has 0 aliphatic rings. The minimum absolute atomic E-state index is 0.107. The fourth-order valence-electron chi connectivity index (χ4n) is 1.68. The van der Waals surface area contributed by atoms with Gasteiger partial charge in [-0.3, -0.25) is 9.48 Å². The fraction of sp³-hybridized carbons (Fsp3) is 0.231. The number of nitrogens with two attached hydrogens (primary N) is 1. The molecule has 0 aliphatic carbocycles. The van der Waals surface area contributed by atoms with Crippen LogP contribution in [0.1, 0.15) is 12.1 Å². The van der Waals surface area contributed by atoms with E-state index in [1.165, 1.54) is 0 Å². The van der Waals surface area contributed by atoms with Crippen LogP contribution < -0.4 is 11.1 Å². The third-order valence-electron chi connectivity index (χ3n) is 2.83. The van der Waals surface area contributed by atoms with Crippen LogP contribution >= 0.6 is 11.6 Å². The van der Waals surface area contributed by atoms with Gasteiger partial charge >= 0.3 is 0 Å². The summed E-state index contributed by atoms with van der Waals surface area (Å²) >= 11 is 5.89. The lowest BCUT2D eigenvalue weighted by molar-refractivity contribution is -0.116. The highest BCUT2D eigenvalue weighted by Gasteiger charge is 2.08. The van der Waals surface area contributed by atoms with Crippen molar-refractivity contribution in [2.75, 3.05) is 11.1 Å². The van der Waals surface area contributed by atoms with Crippen molar-refractivity contribution in [1.29, 1.82) is 0 Å². The molecular formula is C13H15ClN4O. The van der Waals surface area contributed by atoms with Gasteiger partial charge in [0.15, 0.2) is 0 Å². The van der Waals surface area contributed by atoms with Gasteiger partial charge in [-0.1, -0.05) is 23.7 Å². The van der Waals surface area contributed by atoms with Crippen LogP contribution in [0.3, 0.4) is 0 Å². The summed E-state index contributed by atoms with van der Waals surface area (Å²) in [7, 11) is 0. The highest BCUT2D eigenvalue weighted by Crippen LogP contribution is 2.17. The molecule has 0 atom stereocenters. The molecule has 2 rings (SSSR count). The monoisotopic (exact) mass is 278 g/mol. The zero-order valence-electron chi connectivity index (χ0n) is 10.6. The maximum atomic E-state index is 11.8. The summed E-state index contributed by atoms with van der Waals surface area (Å²) < 4.78 is 1.70. The Labute approximate surface area is 116 Å². The number of para-hydroxylation sites is 2. The van der Waals surface area contributed by atoms with Gasteiger partial charge in [0.2, 0.25) is 5.91 Å². The molecule has 1 heterocycles. The first-order chi connectivity index (χ1) is 9.08. The molecule has 0 aliphatic heterocycles. The number of hydrogen-bond acceptors (Lipinski definition) is 3. The summed E-state index contributed by atoms with van der Waals surface area (Å²) in [4.78, 5) is 11.8. The number of halogens is 1. The third-order valence-corrected chi connectivity index (χ3v) is 3.20. The molecule has 3 N–H and O–H groups in total. The number of hydrogen-bond donors (Lipinski definition) is 2.